The largest absolute Gasteiger partial charge is 0.365 e. The Morgan fingerprint density at radius 2 is 1.81 bits per heavy atom. The fourth-order valence-electron chi connectivity index (χ4n) is 3.61. The summed E-state index contributed by atoms with van der Waals surface area (Å²) in [6.45, 7) is 5.81. The maximum atomic E-state index is 12.6. The molecular formula is C17H32N2O2. The van der Waals surface area contributed by atoms with E-state index >= 15 is 0 Å². The molecule has 1 saturated heterocycles. The number of nitrogens with two attached hydrogens (primary N) is 1. The minimum Gasteiger partial charge on any atom is -0.365 e. The summed E-state index contributed by atoms with van der Waals surface area (Å²) >= 11 is 0. The van der Waals surface area contributed by atoms with Gasteiger partial charge in [0.1, 0.15) is 6.10 Å². The lowest BCUT2D eigenvalue weighted by Gasteiger charge is -2.36. The third-order valence-corrected chi connectivity index (χ3v) is 5.15. The van der Waals surface area contributed by atoms with E-state index in [1.165, 1.54) is 19.3 Å². The zero-order chi connectivity index (χ0) is 15.2. The molecule has 0 aromatic heterocycles. The van der Waals surface area contributed by atoms with Crippen LogP contribution in [-0.4, -0.2) is 42.1 Å². The van der Waals surface area contributed by atoms with Gasteiger partial charge in [-0.2, -0.15) is 0 Å². The van der Waals surface area contributed by atoms with Gasteiger partial charge in [-0.3, -0.25) is 4.79 Å². The summed E-state index contributed by atoms with van der Waals surface area (Å²) in [6.07, 6.45) is 8.95. The zero-order valence-corrected chi connectivity index (χ0v) is 13.7. The van der Waals surface area contributed by atoms with Gasteiger partial charge in [0, 0.05) is 19.1 Å². The Bertz CT molecular complexity index is 319. The third-order valence-electron chi connectivity index (χ3n) is 5.15. The minimum atomic E-state index is -0.236. The molecule has 2 unspecified atom stereocenters. The standard InChI is InChI=1S/C17H32N2O2/c1-3-16(21-15-7-5-4-6-8-15)17(20)19-11-9-14(10-12-19)13(2)18/h13-16H,3-12,18H2,1-2H3. The molecule has 0 spiro atoms. The molecule has 0 aromatic carbocycles. The lowest BCUT2D eigenvalue weighted by Crippen LogP contribution is -2.47. The van der Waals surface area contributed by atoms with Crippen molar-refractivity contribution in [3.63, 3.8) is 0 Å². The molecule has 21 heavy (non-hydrogen) atoms. The SMILES string of the molecule is CCC(OC1CCCCC1)C(=O)N1CCC(C(C)N)CC1. The number of likely N-dealkylation sites (tertiary alicyclic amines) is 1. The lowest BCUT2D eigenvalue weighted by atomic mass is 9.90. The summed E-state index contributed by atoms with van der Waals surface area (Å²) in [7, 11) is 0. The molecule has 4 nitrogen and oxygen atoms in total. The normalized spacial score (nSPS) is 24.8. The van der Waals surface area contributed by atoms with E-state index in [9.17, 15) is 4.79 Å². The number of carbonyl (C=O) groups excluding carboxylic acids is 1. The molecule has 0 bridgehead atoms. The molecule has 2 rings (SSSR count). The maximum absolute atomic E-state index is 12.6. The van der Waals surface area contributed by atoms with Gasteiger partial charge in [0.05, 0.1) is 6.10 Å². The topological polar surface area (TPSA) is 55.6 Å². The second-order valence-corrected chi connectivity index (χ2v) is 6.81. The van der Waals surface area contributed by atoms with Crippen molar-refractivity contribution in [3.05, 3.63) is 0 Å². The summed E-state index contributed by atoms with van der Waals surface area (Å²) in [6, 6.07) is 0.239. The first-order chi connectivity index (χ1) is 10.1. The van der Waals surface area contributed by atoms with Crippen molar-refractivity contribution in [2.24, 2.45) is 11.7 Å². The van der Waals surface area contributed by atoms with E-state index in [1.54, 1.807) is 0 Å². The number of hydrogen-bond donors (Lipinski definition) is 1. The van der Waals surface area contributed by atoms with E-state index in [4.69, 9.17) is 10.5 Å². The first-order valence-electron chi connectivity index (χ1n) is 8.81. The van der Waals surface area contributed by atoms with E-state index < -0.39 is 0 Å². The van der Waals surface area contributed by atoms with Crippen LogP contribution in [0.1, 0.15) is 65.2 Å². The summed E-state index contributed by atoms with van der Waals surface area (Å²) in [5.41, 5.74) is 5.97. The van der Waals surface area contributed by atoms with Crippen LogP contribution in [-0.2, 0) is 9.53 Å². The molecule has 1 aliphatic carbocycles. The van der Waals surface area contributed by atoms with Crippen LogP contribution in [0.3, 0.4) is 0 Å². The maximum Gasteiger partial charge on any atom is 0.251 e. The van der Waals surface area contributed by atoms with Crippen molar-refractivity contribution in [1.82, 2.24) is 4.90 Å². The van der Waals surface area contributed by atoms with E-state index in [-0.39, 0.29) is 18.1 Å². The highest BCUT2D eigenvalue weighted by molar-refractivity contribution is 5.81. The number of amides is 1. The van der Waals surface area contributed by atoms with Gasteiger partial charge in [0.15, 0.2) is 0 Å². The molecule has 2 atom stereocenters. The first kappa shape index (κ1) is 16.8. The number of ether oxygens (including phenoxy) is 1. The number of nitrogens with zero attached hydrogens (tertiary/aromatic N) is 1. The second kappa shape index (κ2) is 8.14. The molecule has 0 radical (unpaired) electrons. The third kappa shape index (κ3) is 4.68. The van der Waals surface area contributed by atoms with Gasteiger partial charge in [-0.25, -0.2) is 0 Å². The van der Waals surface area contributed by atoms with Gasteiger partial charge >= 0.3 is 0 Å². The van der Waals surface area contributed by atoms with Gasteiger partial charge in [-0.1, -0.05) is 26.2 Å². The molecule has 2 N–H and O–H groups in total. The Kier molecular flexibility index (Phi) is 6.49. The summed E-state index contributed by atoms with van der Waals surface area (Å²) in [5.74, 6) is 0.764. The van der Waals surface area contributed by atoms with Crippen molar-refractivity contribution in [3.8, 4) is 0 Å². The average Bonchev–Trinajstić information content (AvgIpc) is 2.53. The van der Waals surface area contributed by atoms with Gasteiger partial charge in [0.2, 0.25) is 0 Å². The molecule has 1 amide bonds. The van der Waals surface area contributed by atoms with Gasteiger partial charge in [0.25, 0.3) is 5.91 Å². The predicted molar refractivity (Wildman–Crippen MR) is 85.0 cm³/mol. The van der Waals surface area contributed by atoms with Crippen molar-refractivity contribution >= 4 is 5.91 Å². The Balaban J connectivity index is 1.82. The molecule has 2 fully saturated rings. The van der Waals surface area contributed by atoms with Crippen LogP contribution in [0.5, 0.6) is 0 Å². The van der Waals surface area contributed by atoms with Crippen LogP contribution in [0.15, 0.2) is 0 Å². The highest BCUT2D eigenvalue weighted by atomic mass is 16.5. The Hall–Kier alpha value is -0.610. The quantitative estimate of drug-likeness (QED) is 0.848. The Morgan fingerprint density at radius 3 is 2.33 bits per heavy atom. The smallest absolute Gasteiger partial charge is 0.251 e. The number of piperidine rings is 1. The number of carbonyl (C=O) groups is 1. The summed E-state index contributed by atoms with van der Waals surface area (Å²) in [4.78, 5) is 14.6. The average molecular weight is 296 g/mol. The van der Waals surface area contributed by atoms with Crippen LogP contribution >= 0.6 is 0 Å². The van der Waals surface area contributed by atoms with E-state index in [2.05, 4.69) is 13.8 Å². The molecule has 0 aromatic rings. The van der Waals surface area contributed by atoms with Crippen LogP contribution in [0.2, 0.25) is 0 Å². The molecule has 122 valence electrons. The van der Waals surface area contributed by atoms with Crippen molar-refractivity contribution < 1.29 is 9.53 Å². The summed E-state index contributed by atoms with van der Waals surface area (Å²) < 4.78 is 6.11. The zero-order valence-electron chi connectivity index (χ0n) is 13.7. The van der Waals surface area contributed by atoms with Crippen molar-refractivity contribution in [2.45, 2.75) is 83.5 Å². The first-order valence-corrected chi connectivity index (χ1v) is 8.81. The van der Waals surface area contributed by atoms with Gasteiger partial charge in [-0.15, -0.1) is 0 Å². The monoisotopic (exact) mass is 296 g/mol. The minimum absolute atomic E-state index is 0.200. The Morgan fingerprint density at radius 1 is 1.19 bits per heavy atom. The van der Waals surface area contributed by atoms with Crippen LogP contribution in [0, 0.1) is 5.92 Å². The Labute approximate surface area is 129 Å². The van der Waals surface area contributed by atoms with Gasteiger partial charge < -0.3 is 15.4 Å². The lowest BCUT2D eigenvalue weighted by molar-refractivity contribution is -0.150. The molecular weight excluding hydrogens is 264 g/mol. The fraction of sp³-hybridized carbons (Fsp3) is 0.941. The highest BCUT2D eigenvalue weighted by Gasteiger charge is 2.30. The molecule has 1 saturated carbocycles. The van der Waals surface area contributed by atoms with E-state index in [0.29, 0.717) is 12.0 Å². The second-order valence-electron chi connectivity index (χ2n) is 6.81. The van der Waals surface area contributed by atoms with Crippen molar-refractivity contribution in [1.29, 1.82) is 0 Å². The molecule has 4 heteroatoms. The molecule has 2 aliphatic rings. The number of rotatable bonds is 5. The molecule has 1 aliphatic heterocycles. The van der Waals surface area contributed by atoms with E-state index in [1.807, 2.05) is 4.90 Å². The van der Waals surface area contributed by atoms with Crippen LogP contribution in [0.4, 0.5) is 0 Å². The van der Waals surface area contributed by atoms with E-state index in [0.717, 1.165) is 45.2 Å². The van der Waals surface area contributed by atoms with Gasteiger partial charge in [-0.05, 0) is 44.9 Å². The highest BCUT2D eigenvalue weighted by Crippen LogP contribution is 2.24. The van der Waals surface area contributed by atoms with Crippen LogP contribution in [0.25, 0.3) is 0 Å². The fourth-order valence-corrected chi connectivity index (χ4v) is 3.61. The van der Waals surface area contributed by atoms with Crippen molar-refractivity contribution in [2.75, 3.05) is 13.1 Å². The molecule has 1 heterocycles. The number of hydrogen-bond acceptors (Lipinski definition) is 3. The predicted octanol–water partition coefficient (Wildman–Crippen LogP) is 2.70. The van der Waals surface area contributed by atoms with Crippen LogP contribution < -0.4 is 5.73 Å². The summed E-state index contributed by atoms with van der Waals surface area (Å²) in [5, 5.41) is 0.